The Morgan fingerprint density at radius 3 is 2.68 bits per heavy atom. The monoisotopic (exact) mass is 285 g/mol. The Labute approximate surface area is 111 Å². The fraction of sp³-hybridized carbons (Fsp3) is 0.417. The molecular formula is C12H16FN3O2S. The minimum Gasteiger partial charge on any atom is -0.384 e. The van der Waals surface area contributed by atoms with E-state index in [1.165, 1.54) is 6.07 Å². The molecule has 0 aromatic heterocycles. The summed E-state index contributed by atoms with van der Waals surface area (Å²) in [6, 6.07) is 4.32. The third kappa shape index (κ3) is 3.23. The van der Waals surface area contributed by atoms with E-state index in [0.717, 1.165) is 0 Å². The van der Waals surface area contributed by atoms with Gasteiger partial charge >= 0.3 is 0 Å². The summed E-state index contributed by atoms with van der Waals surface area (Å²) >= 11 is 0. The zero-order valence-electron chi connectivity index (χ0n) is 10.4. The highest BCUT2D eigenvalue weighted by Crippen LogP contribution is 2.22. The smallest absolute Gasteiger partial charge is 0.152 e. The lowest BCUT2D eigenvalue weighted by Crippen LogP contribution is -2.27. The molecule has 3 N–H and O–H groups in total. The van der Waals surface area contributed by atoms with Crippen LogP contribution in [0.4, 0.5) is 10.1 Å². The topological polar surface area (TPSA) is 87.2 Å². The summed E-state index contributed by atoms with van der Waals surface area (Å²) in [4.78, 5) is 1.73. The standard InChI is InChI=1S/C12H16FN3O2S/c13-10-8-9(12(14)15)2-3-11(10)16-4-1-6-19(17,18)7-5-16/h2-3,8H,1,4-7H2,(H3,14,15). The average molecular weight is 285 g/mol. The number of halogens is 1. The van der Waals surface area contributed by atoms with E-state index in [-0.39, 0.29) is 17.3 Å². The van der Waals surface area contributed by atoms with Crippen molar-refractivity contribution in [2.45, 2.75) is 6.42 Å². The summed E-state index contributed by atoms with van der Waals surface area (Å²) in [5, 5.41) is 7.25. The maximum absolute atomic E-state index is 14.0. The van der Waals surface area contributed by atoms with Gasteiger partial charge < -0.3 is 10.6 Å². The zero-order chi connectivity index (χ0) is 14.0. The molecule has 104 valence electrons. The van der Waals surface area contributed by atoms with Crippen LogP contribution in [-0.4, -0.2) is 38.8 Å². The molecule has 7 heteroatoms. The van der Waals surface area contributed by atoms with Gasteiger partial charge in [0.25, 0.3) is 0 Å². The lowest BCUT2D eigenvalue weighted by atomic mass is 10.1. The number of benzene rings is 1. The molecule has 1 fully saturated rings. The van der Waals surface area contributed by atoms with Gasteiger partial charge in [-0.05, 0) is 24.6 Å². The molecule has 2 rings (SSSR count). The van der Waals surface area contributed by atoms with Gasteiger partial charge in [-0.25, -0.2) is 12.8 Å². The lowest BCUT2D eigenvalue weighted by molar-refractivity contribution is 0.596. The van der Waals surface area contributed by atoms with Gasteiger partial charge in [0, 0.05) is 18.7 Å². The van der Waals surface area contributed by atoms with Crippen LogP contribution in [0.3, 0.4) is 0 Å². The lowest BCUT2D eigenvalue weighted by Gasteiger charge is -2.22. The van der Waals surface area contributed by atoms with Crippen molar-refractivity contribution < 1.29 is 12.8 Å². The number of rotatable bonds is 2. The molecule has 0 bridgehead atoms. The Balaban J connectivity index is 2.25. The van der Waals surface area contributed by atoms with Crippen LogP contribution in [0.2, 0.25) is 0 Å². The highest BCUT2D eigenvalue weighted by Gasteiger charge is 2.21. The van der Waals surface area contributed by atoms with Crippen molar-refractivity contribution in [2.75, 3.05) is 29.5 Å². The van der Waals surface area contributed by atoms with Crippen LogP contribution in [0.15, 0.2) is 18.2 Å². The SMILES string of the molecule is N=C(N)c1ccc(N2CCCS(=O)(=O)CC2)c(F)c1. The summed E-state index contributed by atoms with van der Waals surface area (Å²) in [7, 11) is -3.01. The second kappa shape index (κ2) is 5.16. The fourth-order valence-electron chi connectivity index (χ4n) is 2.11. The summed E-state index contributed by atoms with van der Waals surface area (Å²) in [5.74, 6) is -0.478. The predicted octanol–water partition coefficient (Wildman–Crippen LogP) is 0.735. The average Bonchev–Trinajstić information content (AvgIpc) is 2.50. The van der Waals surface area contributed by atoms with E-state index in [0.29, 0.717) is 30.8 Å². The molecule has 0 aliphatic carbocycles. The number of nitrogen functional groups attached to an aromatic ring is 1. The predicted molar refractivity (Wildman–Crippen MR) is 72.9 cm³/mol. The van der Waals surface area contributed by atoms with Crippen LogP contribution < -0.4 is 10.6 Å². The van der Waals surface area contributed by atoms with Gasteiger partial charge in [-0.1, -0.05) is 0 Å². The van der Waals surface area contributed by atoms with E-state index in [9.17, 15) is 12.8 Å². The third-order valence-electron chi connectivity index (χ3n) is 3.15. The van der Waals surface area contributed by atoms with Crippen molar-refractivity contribution in [2.24, 2.45) is 5.73 Å². The fourth-order valence-corrected chi connectivity index (χ4v) is 3.38. The van der Waals surface area contributed by atoms with Crippen molar-refractivity contribution in [3.63, 3.8) is 0 Å². The summed E-state index contributed by atoms with van der Waals surface area (Å²) in [6.45, 7) is 0.800. The second-order valence-electron chi connectivity index (χ2n) is 4.57. The third-order valence-corrected chi connectivity index (χ3v) is 4.87. The summed E-state index contributed by atoms with van der Waals surface area (Å²) < 4.78 is 37.0. The number of nitrogens with one attached hydrogen (secondary N) is 1. The number of nitrogens with zero attached hydrogens (tertiary/aromatic N) is 1. The molecule has 1 aliphatic heterocycles. The molecule has 0 amide bonds. The van der Waals surface area contributed by atoms with E-state index in [1.54, 1.807) is 17.0 Å². The minimum atomic E-state index is -3.01. The molecule has 1 heterocycles. The molecule has 1 aliphatic rings. The molecule has 1 aromatic rings. The maximum atomic E-state index is 14.0. The quantitative estimate of drug-likeness (QED) is 0.619. The van der Waals surface area contributed by atoms with E-state index >= 15 is 0 Å². The van der Waals surface area contributed by atoms with Gasteiger partial charge in [0.05, 0.1) is 17.2 Å². The Morgan fingerprint density at radius 1 is 1.32 bits per heavy atom. The largest absolute Gasteiger partial charge is 0.384 e. The van der Waals surface area contributed by atoms with Crippen LogP contribution in [-0.2, 0) is 9.84 Å². The Hall–Kier alpha value is -1.63. The minimum absolute atomic E-state index is 0.0426. The first kappa shape index (κ1) is 13.8. The van der Waals surface area contributed by atoms with Crippen LogP contribution in [0.1, 0.15) is 12.0 Å². The van der Waals surface area contributed by atoms with E-state index in [1.807, 2.05) is 0 Å². The normalized spacial score (nSPS) is 18.9. The molecule has 0 atom stereocenters. The molecule has 5 nitrogen and oxygen atoms in total. The van der Waals surface area contributed by atoms with E-state index in [2.05, 4.69) is 0 Å². The molecule has 0 unspecified atom stereocenters. The highest BCUT2D eigenvalue weighted by atomic mass is 32.2. The van der Waals surface area contributed by atoms with Gasteiger partial charge in [-0.2, -0.15) is 0 Å². The van der Waals surface area contributed by atoms with Crippen molar-refractivity contribution in [1.29, 1.82) is 5.41 Å². The number of hydrogen-bond donors (Lipinski definition) is 2. The van der Waals surface area contributed by atoms with Crippen molar-refractivity contribution in [3.8, 4) is 0 Å². The first-order valence-corrected chi connectivity index (χ1v) is 7.80. The van der Waals surface area contributed by atoms with Gasteiger partial charge in [-0.3, -0.25) is 5.41 Å². The molecule has 0 radical (unpaired) electrons. The number of hydrogen-bond acceptors (Lipinski definition) is 4. The summed E-state index contributed by atoms with van der Waals surface area (Å²) in [6.07, 6.45) is 0.496. The molecule has 0 spiro atoms. The van der Waals surface area contributed by atoms with Crippen LogP contribution in [0.25, 0.3) is 0 Å². The van der Waals surface area contributed by atoms with Crippen molar-refractivity contribution >= 4 is 21.4 Å². The van der Waals surface area contributed by atoms with Gasteiger partial charge in [0.15, 0.2) is 9.84 Å². The molecular weight excluding hydrogens is 269 g/mol. The summed E-state index contributed by atoms with van der Waals surface area (Å²) in [5.41, 5.74) is 5.98. The number of sulfone groups is 1. The Morgan fingerprint density at radius 2 is 2.05 bits per heavy atom. The maximum Gasteiger partial charge on any atom is 0.152 e. The Kier molecular flexibility index (Phi) is 3.75. The van der Waals surface area contributed by atoms with Crippen molar-refractivity contribution in [1.82, 2.24) is 0 Å². The molecule has 19 heavy (non-hydrogen) atoms. The van der Waals surface area contributed by atoms with Crippen molar-refractivity contribution in [3.05, 3.63) is 29.6 Å². The number of amidine groups is 1. The van der Waals surface area contributed by atoms with Gasteiger partial charge in [0.2, 0.25) is 0 Å². The van der Waals surface area contributed by atoms with Crippen LogP contribution in [0, 0.1) is 11.2 Å². The first-order chi connectivity index (χ1) is 8.89. The molecule has 1 aromatic carbocycles. The van der Waals surface area contributed by atoms with Crippen LogP contribution in [0.5, 0.6) is 0 Å². The van der Waals surface area contributed by atoms with Gasteiger partial charge in [0.1, 0.15) is 11.7 Å². The van der Waals surface area contributed by atoms with Crippen LogP contribution >= 0.6 is 0 Å². The van der Waals surface area contributed by atoms with E-state index in [4.69, 9.17) is 11.1 Å². The first-order valence-electron chi connectivity index (χ1n) is 5.98. The van der Waals surface area contributed by atoms with E-state index < -0.39 is 15.7 Å². The highest BCUT2D eigenvalue weighted by molar-refractivity contribution is 7.91. The number of anilines is 1. The molecule has 1 saturated heterocycles. The van der Waals surface area contributed by atoms with Gasteiger partial charge in [-0.15, -0.1) is 0 Å². The second-order valence-corrected chi connectivity index (χ2v) is 6.88. The zero-order valence-corrected chi connectivity index (χ0v) is 11.2. The number of nitrogens with two attached hydrogens (primary N) is 1. The Bertz CT molecular complexity index is 601. The molecule has 0 saturated carbocycles.